The van der Waals surface area contributed by atoms with Crippen molar-refractivity contribution in [1.29, 1.82) is 0 Å². The molecule has 9 nitrogen and oxygen atoms in total. The van der Waals surface area contributed by atoms with E-state index in [-0.39, 0.29) is 48.1 Å². The zero-order chi connectivity index (χ0) is 25.5. The molecule has 0 bridgehead atoms. The Hall–Kier alpha value is -3.76. The molecule has 3 aromatic rings. The molecule has 1 aromatic carbocycles. The van der Waals surface area contributed by atoms with Crippen molar-refractivity contribution in [3.05, 3.63) is 62.8 Å². The van der Waals surface area contributed by atoms with Gasteiger partial charge in [0.25, 0.3) is 5.56 Å². The second-order valence-electron chi connectivity index (χ2n) is 8.11. The highest BCUT2D eigenvalue weighted by Gasteiger charge is 2.24. The van der Waals surface area contributed by atoms with E-state index in [2.05, 4.69) is 9.97 Å². The first-order valence-electron chi connectivity index (χ1n) is 11.6. The lowest BCUT2D eigenvalue weighted by Crippen LogP contribution is -2.41. The van der Waals surface area contributed by atoms with Crippen molar-refractivity contribution >= 4 is 17.4 Å². The van der Waals surface area contributed by atoms with Gasteiger partial charge in [-0.3, -0.25) is 19.1 Å². The van der Waals surface area contributed by atoms with Crippen molar-refractivity contribution in [3.63, 3.8) is 0 Å². The number of aryl methyl sites for hydroxylation is 1. The number of unbranched alkanes of at least 4 members (excludes halogenated alkanes) is 2. The summed E-state index contributed by atoms with van der Waals surface area (Å²) in [5.41, 5.74) is 4.42. The summed E-state index contributed by atoms with van der Waals surface area (Å²) in [6, 6.07) is 3.46. The van der Waals surface area contributed by atoms with Crippen molar-refractivity contribution in [2.75, 3.05) is 17.2 Å². The first-order valence-corrected chi connectivity index (χ1v) is 11.6. The van der Waals surface area contributed by atoms with Crippen molar-refractivity contribution in [3.8, 4) is 11.3 Å². The smallest absolute Gasteiger partial charge is 0.330 e. The third kappa shape index (κ3) is 5.84. The molecule has 0 atom stereocenters. The molecule has 0 fully saturated rings. The van der Waals surface area contributed by atoms with Gasteiger partial charge in [0, 0.05) is 25.9 Å². The van der Waals surface area contributed by atoms with E-state index < -0.39 is 28.8 Å². The zero-order valence-corrected chi connectivity index (χ0v) is 19.8. The highest BCUT2D eigenvalue weighted by molar-refractivity contribution is 5.95. The van der Waals surface area contributed by atoms with Crippen LogP contribution in [0.1, 0.15) is 51.8 Å². The molecular formula is C24H29F2N5O4. The Morgan fingerprint density at radius 2 is 1.86 bits per heavy atom. The summed E-state index contributed by atoms with van der Waals surface area (Å²) in [5, 5.41) is 0. The molecule has 3 rings (SSSR count). The molecule has 188 valence electrons. The van der Waals surface area contributed by atoms with Gasteiger partial charge < -0.3 is 15.1 Å². The minimum Gasteiger partial charge on any atom is -0.441 e. The van der Waals surface area contributed by atoms with Crippen LogP contribution in [0.5, 0.6) is 0 Å². The number of rotatable bonds is 11. The normalized spacial score (nSPS) is 11.1. The van der Waals surface area contributed by atoms with Gasteiger partial charge in [0.15, 0.2) is 17.3 Å². The van der Waals surface area contributed by atoms with Crippen LogP contribution in [-0.2, 0) is 17.8 Å². The standard InChI is InChI=1S/C24H29F2N5O4/c1-3-5-12-30(21-22(27)31(13-6-4-2)24(34)29-23(21)33)19(32)11-10-18-28-14-17(35-18)20-15(25)8-7-9-16(20)26/h7-9,14H,3-6,10-13,27H2,1-2H3,(H,29,33,34). The highest BCUT2D eigenvalue weighted by atomic mass is 19.1. The molecular weight excluding hydrogens is 460 g/mol. The maximum Gasteiger partial charge on any atom is 0.330 e. The largest absolute Gasteiger partial charge is 0.441 e. The molecule has 0 aliphatic carbocycles. The van der Waals surface area contributed by atoms with Crippen LogP contribution in [0, 0.1) is 11.6 Å². The van der Waals surface area contributed by atoms with Crippen LogP contribution >= 0.6 is 0 Å². The van der Waals surface area contributed by atoms with Crippen LogP contribution in [0.2, 0.25) is 0 Å². The fourth-order valence-electron chi connectivity index (χ4n) is 3.68. The summed E-state index contributed by atoms with van der Waals surface area (Å²) in [5.74, 6) is -2.04. The number of halogens is 2. The SMILES string of the molecule is CCCCN(C(=O)CCc1ncc(-c2c(F)cccc2F)o1)c1c(N)n(CCCC)c(=O)[nH]c1=O. The molecule has 2 heterocycles. The molecule has 0 aliphatic heterocycles. The van der Waals surface area contributed by atoms with Gasteiger partial charge in [-0.15, -0.1) is 0 Å². The number of nitrogens with one attached hydrogen (secondary N) is 1. The lowest BCUT2D eigenvalue weighted by molar-refractivity contribution is -0.118. The number of benzene rings is 1. The maximum absolute atomic E-state index is 14.0. The molecule has 2 aromatic heterocycles. The average molecular weight is 490 g/mol. The average Bonchev–Trinajstić information content (AvgIpc) is 3.27. The number of amides is 1. The summed E-state index contributed by atoms with van der Waals surface area (Å²) < 4.78 is 34.8. The Kier molecular flexibility index (Phi) is 8.56. The number of carbonyl (C=O) groups is 1. The van der Waals surface area contributed by atoms with Gasteiger partial charge in [-0.05, 0) is 25.0 Å². The van der Waals surface area contributed by atoms with Crippen molar-refractivity contribution < 1.29 is 18.0 Å². The second kappa shape index (κ2) is 11.6. The van der Waals surface area contributed by atoms with Crippen LogP contribution in [-0.4, -0.2) is 27.0 Å². The summed E-state index contributed by atoms with van der Waals surface area (Å²) in [4.78, 5) is 45.6. The van der Waals surface area contributed by atoms with Crippen LogP contribution in [0.15, 0.2) is 38.4 Å². The van der Waals surface area contributed by atoms with E-state index in [1.165, 1.54) is 21.7 Å². The van der Waals surface area contributed by atoms with E-state index in [0.717, 1.165) is 25.0 Å². The minimum atomic E-state index is -0.789. The Morgan fingerprint density at radius 3 is 2.51 bits per heavy atom. The van der Waals surface area contributed by atoms with Crippen LogP contribution < -0.4 is 21.9 Å². The number of nitrogens with zero attached hydrogens (tertiary/aromatic N) is 3. The number of anilines is 2. The number of nitrogens with two attached hydrogens (primary N) is 1. The Labute approximate surface area is 200 Å². The summed E-state index contributed by atoms with van der Waals surface area (Å²) in [6.07, 6.45) is 3.98. The van der Waals surface area contributed by atoms with E-state index >= 15 is 0 Å². The zero-order valence-electron chi connectivity index (χ0n) is 19.8. The number of oxazole rings is 1. The van der Waals surface area contributed by atoms with Gasteiger partial charge in [-0.1, -0.05) is 32.8 Å². The molecule has 1 amide bonds. The fourth-order valence-corrected chi connectivity index (χ4v) is 3.68. The van der Waals surface area contributed by atoms with Crippen LogP contribution in [0.25, 0.3) is 11.3 Å². The third-order valence-electron chi connectivity index (χ3n) is 5.57. The number of hydrogen-bond acceptors (Lipinski definition) is 6. The van der Waals surface area contributed by atoms with E-state index in [4.69, 9.17) is 10.2 Å². The monoisotopic (exact) mass is 489 g/mol. The molecule has 0 unspecified atom stereocenters. The Balaban J connectivity index is 1.84. The van der Waals surface area contributed by atoms with Gasteiger partial charge in [0.2, 0.25) is 5.91 Å². The first-order chi connectivity index (χ1) is 16.8. The second-order valence-corrected chi connectivity index (χ2v) is 8.11. The van der Waals surface area contributed by atoms with E-state index in [0.29, 0.717) is 19.4 Å². The molecule has 35 heavy (non-hydrogen) atoms. The minimum absolute atomic E-state index is 0.0326. The number of hydrogen-bond donors (Lipinski definition) is 2. The van der Waals surface area contributed by atoms with Gasteiger partial charge in [0.1, 0.15) is 17.5 Å². The van der Waals surface area contributed by atoms with Crippen molar-refractivity contribution in [2.45, 2.75) is 58.9 Å². The van der Waals surface area contributed by atoms with Gasteiger partial charge in [-0.2, -0.15) is 0 Å². The number of aromatic amines is 1. The fraction of sp³-hybridized carbons (Fsp3) is 0.417. The van der Waals surface area contributed by atoms with Crippen LogP contribution in [0.4, 0.5) is 20.3 Å². The van der Waals surface area contributed by atoms with Crippen LogP contribution in [0.3, 0.4) is 0 Å². The molecule has 11 heteroatoms. The number of H-pyrrole nitrogens is 1. The van der Waals surface area contributed by atoms with E-state index in [1.807, 2.05) is 13.8 Å². The van der Waals surface area contributed by atoms with Crippen molar-refractivity contribution in [1.82, 2.24) is 14.5 Å². The summed E-state index contributed by atoms with van der Waals surface area (Å²) in [7, 11) is 0. The number of carbonyl (C=O) groups excluding carboxylic acids is 1. The highest BCUT2D eigenvalue weighted by Crippen LogP contribution is 2.27. The first kappa shape index (κ1) is 25.9. The van der Waals surface area contributed by atoms with Crippen molar-refractivity contribution in [2.24, 2.45) is 0 Å². The molecule has 0 aliphatic rings. The molecule has 0 radical (unpaired) electrons. The molecule has 3 N–H and O–H groups in total. The number of aromatic nitrogens is 3. The molecule has 0 saturated carbocycles. The Morgan fingerprint density at radius 1 is 1.17 bits per heavy atom. The quantitative estimate of drug-likeness (QED) is 0.424. The third-order valence-corrected chi connectivity index (χ3v) is 5.57. The molecule has 0 saturated heterocycles. The predicted molar refractivity (Wildman–Crippen MR) is 128 cm³/mol. The summed E-state index contributed by atoms with van der Waals surface area (Å²) in [6.45, 7) is 4.44. The molecule has 0 spiro atoms. The Bertz CT molecular complexity index is 1280. The van der Waals surface area contributed by atoms with E-state index in [1.54, 1.807) is 0 Å². The predicted octanol–water partition coefficient (Wildman–Crippen LogP) is 3.62. The van der Waals surface area contributed by atoms with Gasteiger partial charge in [0.05, 0.1) is 11.8 Å². The van der Waals surface area contributed by atoms with Gasteiger partial charge in [-0.25, -0.2) is 18.6 Å². The lowest BCUT2D eigenvalue weighted by Gasteiger charge is -2.24. The van der Waals surface area contributed by atoms with Gasteiger partial charge >= 0.3 is 5.69 Å². The lowest BCUT2D eigenvalue weighted by atomic mass is 10.1. The summed E-state index contributed by atoms with van der Waals surface area (Å²) >= 11 is 0. The van der Waals surface area contributed by atoms with E-state index in [9.17, 15) is 23.2 Å². The number of nitrogen functional groups attached to an aromatic ring is 1. The maximum atomic E-state index is 14.0. The topological polar surface area (TPSA) is 127 Å².